The summed E-state index contributed by atoms with van der Waals surface area (Å²) < 4.78 is 0. The first-order chi connectivity index (χ1) is 12.7. The third-order valence-electron chi connectivity index (χ3n) is 4.92. The Bertz CT molecular complexity index is 690. The van der Waals surface area contributed by atoms with Crippen molar-refractivity contribution in [3.05, 3.63) is 59.7 Å². The molecule has 0 heterocycles. The van der Waals surface area contributed by atoms with E-state index in [0.29, 0.717) is 5.69 Å². The molecule has 2 N–H and O–H groups in total. The van der Waals surface area contributed by atoms with Gasteiger partial charge in [0, 0.05) is 16.1 Å². The maximum Gasteiger partial charge on any atom is 0.126 e. The number of nitrogens with one attached hydrogen (secondary N) is 1. The molecule has 2 aromatic rings. The fourth-order valence-electron chi connectivity index (χ4n) is 3.02. The summed E-state index contributed by atoms with van der Waals surface area (Å²) in [6.45, 7) is 4.27. The van der Waals surface area contributed by atoms with E-state index >= 15 is 0 Å². The van der Waals surface area contributed by atoms with Gasteiger partial charge in [0.2, 0.25) is 0 Å². The molecule has 140 valence electrons. The summed E-state index contributed by atoms with van der Waals surface area (Å²) in [5.41, 5.74) is 5.06. The van der Waals surface area contributed by atoms with E-state index in [0.717, 1.165) is 49.7 Å². The van der Waals surface area contributed by atoms with Gasteiger partial charge < -0.3 is 4.79 Å². The maximum atomic E-state index is 11.8. The maximum absolute atomic E-state index is 11.8. The lowest BCUT2D eigenvalue weighted by molar-refractivity contribution is -0.115. The number of carbonyl (C=O) groups is 1. The predicted molar refractivity (Wildman–Crippen MR) is 110 cm³/mol. The van der Waals surface area contributed by atoms with Crippen LogP contribution in [0.15, 0.2) is 53.4 Å². The van der Waals surface area contributed by atoms with Gasteiger partial charge in [0.1, 0.15) is 6.29 Å². The molecule has 2 rings (SSSR count). The van der Waals surface area contributed by atoms with Crippen molar-refractivity contribution in [3.8, 4) is 0 Å². The van der Waals surface area contributed by atoms with Crippen molar-refractivity contribution in [2.45, 2.75) is 50.8 Å². The van der Waals surface area contributed by atoms with Gasteiger partial charge in [0.15, 0.2) is 0 Å². The minimum absolute atomic E-state index is 0.251. The molecular weight excluding hydrogens is 342 g/mol. The van der Waals surface area contributed by atoms with E-state index in [2.05, 4.69) is 31.5 Å². The van der Waals surface area contributed by atoms with Gasteiger partial charge in [0.25, 0.3) is 0 Å². The molecule has 2 aromatic carbocycles. The van der Waals surface area contributed by atoms with Gasteiger partial charge in [-0.3, -0.25) is 10.7 Å². The zero-order chi connectivity index (χ0) is 18.8. The Labute approximate surface area is 161 Å². The largest absolute Gasteiger partial charge is 0.303 e. The Morgan fingerprint density at radius 1 is 1.15 bits per heavy atom. The molecule has 0 aliphatic rings. The number of hydrogen-bond donors (Lipinski definition) is 2. The molecule has 0 spiro atoms. The smallest absolute Gasteiger partial charge is 0.126 e. The second-order valence-electron chi connectivity index (χ2n) is 6.82. The number of aldehydes is 1. The zero-order valence-corrected chi connectivity index (χ0v) is 16.5. The highest BCUT2D eigenvalue weighted by atomic mass is 32.2. The molecule has 0 aromatic heterocycles. The molecule has 0 aliphatic carbocycles. The molecule has 1 atom stereocenters. The van der Waals surface area contributed by atoms with Gasteiger partial charge in [-0.2, -0.15) is 0 Å². The molecular formula is C22H29NO2S. The molecule has 0 radical (unpaired) electrons. The molecule has 26 heavy (non-hydrogen) atoms. The minimum atomic E-state index is -0.251. The average Bonchev–Trinajstić information content (AvgIpc) is 2.70. The first-order valence-corrected chi connectivity index (χ1v) is 10.3. The van der Waals surface area contributed by atoms with E-state index in [-0.39, 0.29) is 5.41 Å². The number of unbranched alkanes of at least 4 members (excludes halogenated alkanes) is 1. The lowest BCUT2D eigenvalue weighted by Gasteiger charge is -2.26. The zero-order valence-electron chi connectivity index (χ0n) is 15.7. The number of hydrogen-bond acceptors (Lipinski definition) is 4. The van der Waals surface area contributed by atoms with E-state index in [1.165, 1.54) is 10.5 Å². The summed E-state index contributed by atoms with van der Waals surface area (Å²) in [5.74, 6) is 0.792. The summed E-state index contributed by atoms with van der Waals surface area (Å²) in [7, 11) is 0. The number of anilines is 1. The normalized spacial score (nSPS) is 13.2. The topological polar surface area (TPSA) is 49.3 Å². The van der Waals surface area contributed by atoms with E-state index in [1.807, 2.05) is 36.4 Å². The number of rotatable bonds is 11. The van der Waals surface area contributed by atoms with Gasteiger partial charge >= 0.3 is 0 Å². The highest BCUT2D eigenvalue weighted by molar-refractivity contribution is 7.99. The third-order valence-corrected chi connectivity index (χ3v) is 6.35. The highest BCUT2D eigenvalue weighted by Gasteiger charge is 2.27. The highest BCUT2D eigenvalue weighted by Crippen LogP contribution is 2.36. The van der Waals surface area contributed by atoms with Crippen molar-refractivity contribution in [2.75, 3.05) is 11.2 Å². The molecule has 4 heteroatoms. The summed E-state index contributed by atoms with van der Waals surface area (Å²) in [6, 6.07) is 16.2. The van der Waals surface area contributed by atoms with Crippen LogP contribution in [0.5, 0.6) is 0 Å². The molecule has 3 nitrogen and oxygen atoms in total. The van der Waals surface area contributed by atoms with Crippen LogP contribution in [0.4, 0.5) is 5.69 Å². The Balaban J connectivity index is 2.20. The number of benzene rings is 2. The molecule has 0 fully saturated rings. The Kier molecular flexibility index (Phi) is 8.20. The van der Waals surface area contributed by atoms with Gasteiger partial charge in [-0.25, -0.2) is 0 Å². The monoisotopic (exact) mass is 371 g/mol. The van der Waals surface area contributed by atoms with E-state index in [1.54, 1.807) is 11.8 Å². The van der Waals surface area contributed by atoms with Gasteiger partial charge in [-0.05, 0) is 48.6 Å². The molecule has 0 bridgehead atoms. The quantitative estimate of drug-likeness (QED) is 0.291. The number of carbonyl (C=O) groups excluding carboxylic acids is 1. The van der Waals surface area contributed by atoms with Gasteiger partial charge in [0.05, 0.1) is 5.69 Å². The summed E-state index contributed by atoms with van der Waals surface area (Å²) in [4.78, 5) is 13.0. The molecule has 0 saturated heterocycles. The van der Waals surface area contributed by atoms with Crippen molar-refractivity contribution >= 4 is 23.7 Å². The Morgan fingerprint density at radius 2 is 1.92 bits per heavy atom. The summed E-state index contributed by atoms with van der Waals surface area (Å²) >= 11 is 1.75. The van der Waals surface area contributed by atoms with Crippen LogP contribution in [-0.4, -0.2) is 17.2 Å². The van der Waals surface area contributed by atoms with Crippen LogP contribution in [-0.2, 0) is 11.2 Å². The minimum Gasteiger partial charge on any atom is -0.303 e. The Morgan fingerprint density at radius 3 is 2.54 bits per heavy atom. The average molecular weight is 372 g/mol. The summed E-state index contributed by atoms with van der Waals surface area (Å²) in [6.07, 6.45) is 5.96. The van der Waals surface area contributed by atoms with Crippen molar-refractivity contribution in [3.63, 3.8) is 0 Å². The third kappa shape index (κ3) is 5.61. The van der Waals surface area contributed by atoms with Crippen LogP contribution >= 0.6 is 11.8 Å². The van der Waals surface area contributed by atoms with Crippen LogP contribution in [0.25, 0.3) is 0 Å². The first kappa shape index (κ1) is 20.5. The van der Waals surface area contributed by atoms with Crippen molar-refractivity contribution in [1.29, 1.82) is 0 Å². The molecule has 1 unspecified atom stereocenters. The fraction of sp³-hybridized carbons (Fsp3) is 0.409. The molecule has 0 aliphatic heterocycles. The van der Waals surface area contributed by atoms with Gasteiger partial charge in [-0.1, -0.05) is 57.0 Å². The second-order valence-corrected chi connectivity index (χ2v) is 7.84. The van der Waals surface area contributed by atoms with Crippen molar-refractivity contribution < 1.29 is 10.0 Å². The van der Waals surface area contributed by atoms with E-state index in [4.69, 9.17) is 0 Å². The van der Waals surface area contributed by atoms with Crippen LogP contribution in [0.3, 0.4) is 0 Å². The Hall–Kier alpha value is -1.78. The molecule has 0 saturated carbocycles. The van der Waals surface area contributed by atoms with Crippen LogP contribution in [0.2, 0.25) is 0 Å². The second kappa shape index (κ2) is 10.4. The van der Waals surface area contributed by atoms with Crippen LogP contribution in [0, 0.1) is 5.41 Å². The van der Waals surface area contributed by atoms with Gasteiger partial charge in [-0.15, -0.1) is 11.8 Å². The fourth-order valence-corrected chi connectivity index (χ4v) is 4.36. The van der Waals surface area contributed by atoms with Crippen LogP contribution < -0.4 is 5.48 Å². The van der Waals surface area contributed by atoms with Crippen LogP contribution in [0.1, 0.15) is 50.7 Å². The predicted octanol–water partition coefficient (Wildman–Crippen LogP) is 5.96. The lowest BCUT2D eigenvalue weighted by Crippen LogP contribution is -2.25. The number of thioether (sulfide) groups is 1. The standard InChI is InChI=1S/C22H29NO2S/c1-3-5-13-22(4-2,16-24)17-26-21-12-11-20(23-25)15-19(21)14-18-9-7-6-8-10-18/h6-12,15-16,23,25H,3-5,13-14,17H2,1-2H3. The first-order valence-electron chi connectivity index (χ1n) is 9.32. The SMILES string of the molecule is CCCCC(C=O)(CC)CSc1ccc(NO)cc1Cc1ccccc1. The van der Waals surface area contributed by atoms with Crippen molar-refractivity contribution in [1.82, 2.24) is 0 Å². The molecule has 0 amide bonds. The van der Waals surface area contributed by atoms with E-state index in [9.17, 15) is 10.0 Å². The lowest BCUT2D eigenvalue weighted by atomic mass is 9.84. The van der Waals surface area contributed by atoms with E-state index < -0.39 is 0 Å². The van der Waals surface area contributed by atoms with Crippen molar-refractivity contribution in [2.24, 2.45) is 5.41 Å². The summed E-state index contributed by atoms with van der Waals surface area (Å²) in [5, 5.41) is 9.25.